The van der Waals surface area contributed by atoms with E-state index in [1.165, 1.54) is 0 Å². The van der Waals surface area contributed by atoms with Gasteiger partial charge >= 0.3 is 0 Å². The van der Waals surface area contributed by atoms with Crippen molar-refractivity contribution in [3.05, 3.63) is 58.8 Å². The van der Waals surface area contributed by atoms with Crippen LogP contribution in [0.3, 0.4) is 0 Å². The average Bonchev–Trinajstić information content (AvgIpc) is 2.40. The van der Waals surface area contributed by atoms with Gasteiger partial charge in [-0.2, -0.15) is 0 Å². The van der Waals surface area contributed by atoms with E-state index < -0.39 is 0 Å². The summed E-state index contributed by atoms with van der Waals surface area (Å²) in [6, 6.07) is 13.2. The molecular formula is C14H13BrN2O. The smallest absolute Gasteiger partial charge is 0.224 e. The van der Waals surface area contributed by atoms with Crippen LogP contribution in [0.15, 0.2) is 53.1 Å². The standard InChI is InChI=1S/C14H13BrN2O/c15-11-4-6-13(7-5-11)17-14(18)9-8-12-3-1-2-10-16-12/h1-7,10H,8-9H2,(H,17,18). The van der Waals surface area contributed by atoms with Crippen molar-refractivity contribution in [1.29, 1.82) is 0 Å². The van der Waals surface area contributed by atoms with E-state index in [-0.39, 0.29) is 5.91 Å². The Morgan fingerprint density at radius 1 is 1.17 bits per heavy atom. The third-order valence-corrected chi connectivity index (χ3v) is 2.99. The molecule has 18 heavy (non-hydrogen) atoms. The highest BCUT2D eigenvalue weighted by molar-refractivity contribution is 9.10. The molecule has 1 aromatic heterocycles. The fourth-order valence-corrected chi connectivity index (χ4v) is 1.81. The number of rotatable bonds is 4. The molecule has 92 valence electrons. The number of halogens is 1. The van der Waals surface area contributed by atoms with Crippen molar-refractivity contribution in [3.63, 3.8) is 0 Å². The van der Waals surface area contributed by atoms with Gasteiger partial charge in [-0.15, -0.1) is 0 Å². The number of aromatic nitrogens is 1. The summed E-state index contributed by atoms with van der Waals surface area (Å²) in [5, 5.41) is 2.85. The van der Waals surface area contributed by atoms with Crippen molar-refractivity contribution in [1.82, 2.24) is 4.98 Å². The number of anilines is 1. The van der Waals surface area contributed by atoms with Crippen LogP contribution in [-0.2, 0) is 11.2 Å². The SMILES string of the molecule is O=C(CCc1ccccn1)Nc1ccc(Br)cc1. The minimum atomic E-state index is 0.00276. The molecule has 0 radical (unpaired) electrons. The van der Waals surface area contributed by atoms with E-state index in [4.69, 9.17) is 0 Å². The van der Waals surface area contributed by atoms with Crippen LogP contribution in [0.4, 0.5) is 5.69 Å². The Bertz CT molecular complexity index is 511. The van der Waals surface area contributed by atoms with E-state index in [9.17, 15) is 4.79 Å². The van der Waals surface area contributed by atoms with Crippen molar-refractivity contribution in [2.75, 3.05) is 5.32 Å². The second-order valence-electron chi connectivity index (χ2n) is 3.88. The minimum Gasteiger partial charge on any atom is -0.326 e. The first-order valence-electron chi connectivity index (χ1n) is 5.69. The van der Waals surface area contributed by atoms with Gasteiger partial charge in [-0.05, 0) is 42.8 Å². The van der Waals surface area contributed by atoms with Gasteiger partial charge in [0.15, 0.2) is 0 Å². The molecule has 2 aromatic rings. The topological polar surface area (TPSA) is 42.0 Å². The number of nitrogens with one attached hydrogen (secondary N) is 1. The van der Waals surface area contributed by atoms with E-state index >= 15 is 0 Å². The quantitative estimate of drug-likeness (QED) is 0.940. The van der Waals surface area contributed by atoms with E-state index in [2.05, 4.69) is 26.2 Å². The molecule has 0 aliphatic carbocycles. The maximum Gasteiger partial charge on any atom is 0.224 e. The Labute approximate surface area is 114 Å². The summed E-state index contributed by atoms with van der Waals surface area (Å²) in [5.41, 5.74) is 1.74. The number of hydrogen-bond donors (Lipinski definition) is 1. The van der Waals surface area contributed by atoms with Crippen LogP contribution >= 0.6 is 15.9 Å². The molecule has 0 saturated carbocycles. The first-order valence-corrected chi connectivity index (χ1v) is 6.49. The van der Waals surface area contributed by atoms with Gasteiger partial charge in [0, 0.05) is 28.5 Å². The fraction of sp³-hybridized carbons (Fsp3) is 0.143. The Morgan fingerprint density at radius 3 is 2.61 bits per heavy atom. The molecule has 3 nitrogen and oxygen atoms in total. The summed E-state index contributed by atoms with van der Waals surface area (Å²) in [5.74, 6) is 0.00276. The molecule has 1 aromatic carbocycles. The zero-order chi connectivity index (χ0) is 12.8. The number of benzene rings is 1. The summed E-state index contributed by atoms with van der Waals surface area (Å²) in [4.78, 5) is 15.9. The predicted molar refractivity (Wildman–Crippen MR) is 75.3 cm³/mol. The summed E-state index contributed by atoms with van der Waals surface area (Å²) < 4.78 is 0.994. The van der Waals surface area contributed by atoms with Crippen molar-refractivity contribution in [3.8, 4) is 0 Å². The summed E-state index contributed by atoms with van der Waals surface area (Å²) in [6.45, 7) is 0. The monoisotopic (exact) mass is 304 g/mol. The first-order chi connectivity index (χ1) is 8.74. The molecule has 0 bridgehead atoms. The van der Waals surface area contributed by atoms with Crippen LogP contribution in [0.5, 0.6) is 0 Å². The summed E-state index contributed by atoms with van der Waals surface area (Å²) in [7, 11) is 0. The van der Waals surface area contributed by atoms with E-state index in [1.807, 2.05) is 42.5 Å². The molecule has 0 spiro atoms. The van der Waals surface area contributed by atoms with Gasteiger partial charge in [-0.1, -0.05) is 22.0 Å². The van der Waals surface area contributed by atoms with Crippen LogP contribution in [0, 0.1) is 0 Å². The van der Waals surface area contributed by atoms with E-state index in [0.29, 0.717) is 12.8 Å². The number of pyridine rings is 1. The van der Waals surface area contributed by atoms with Crippen molar-refractivity contribution in [2.45, 2.75) is 12.8 Å². The lowest BCUT2D eigenvalue weighted by Gasteiger charge is -2.05. The van der Waals surface area contributed by atoms with Crippen molar-refractivity contribution >= 4 is 27.5 Å². The third-order valence-electron chi connectivity index (χ3n) is 2.46. The second kappa shape index (κ2) is 6.31. The van der Waals surface area contributed by atoms with E-state index in [0.717, 1.165) is 15.9 Å². The van der Waals surface area contributed by atoms with Gasteiger partial charge in [0.1, 0.15) is 0 Å². The number of carbonyl (C=O) groups is 1. The Hall–Kier alpha value is -1.68. The zero-order valence-electron chi connectivity index (χ0n) is 9.77. The Balaban J connectivity index is 1.84. The molecule has 1 N–H and O–H groups in total. The lowest BCUT2D eigenvalue weighted by molar-refractivity contribution is -0.116. The predicted octanol–water partition coefficient (Wildman–Crippen LogP) is 3.42. The number of nitrogens with zero attached hydrogens (tertiary/aromatic N) is 1. The van der Waals surface area contributed by atoms with E-state index in [1.54, 1.807) is 6.20 Å². The molecular weight excluding hydrogens is 292 g/mol. The summed E-state index contributed by atoms with van der Waals surface area (Å²) in [6.07, 6.45) is 2.83. The van der Waals surface area contributed by atoms with Crippen molar-refractivity contribution in [2.24, 2.45) is 0 Å². The minimum absolute atomic E-state index is 0.00276. The lowest BCUT2D eigenvalue weighted by atomic mass is 10.2. The Morgan fingerprint density at radius 2 is 1.94 bits per heavy atom. The fourth-order valence-electron chi connectivity index (χ4n) is 1.54. The molecule has 0 atom stereocenters. The van der Waals surface area contributed by atoms with Crippen molar-refractivity contribution < 1.29 is 4.79 Å². The largest absolute Gasteiger partial charge is 0.326 e. The van der Waals surface area contributed by atoms with Gasteiger partial charge in [0.25, 0.3) is 0 Å². The third kappa shape index (κ3) is 3.96. The number of hydrogen-bond acceptors (Lipinski definition) is 2. The number of carbonyl (C=O) groups excluding carboxylic acids is 1. The summed E-state index contributed by atoms with van der Waals surface area (Å²) >= 11 is 3.35. The first kappa shape index (κ1) is 12.8. The lowest BCUT2D eigenvalue weighted by Crippen LogP contribution is -2.12. The van der Waals surface area contributed by atoms with Gasteiger partial charge in [0.2, 0.25) is 5.91 Å². The highest BCUT2D eigenvalue weighted by atomic mass is 79.9. The van der Waals surface area contributed by atoms with Crippen LogP contribution in [0.1, 0.15) is 12.1 Å². The van der Waals surface area contributed by atoms with Crippen LogP contribution in [0.2, 0.25) is 0 Å². The second-order valence-corrected chi connectivity index (χ2v) is 4.79. The maximum absolute atomic E-state index is 11.7. The molecule has 0 saturated heterocycles. The molecule has 1 heterocycles. The highest BCUT2D eigenvalue weighted by Gasteiger charge is 2.03. The molecule has 0 aliphatic heterocycles. The molecule has 0 aliphatic rings. The average molecular weight is 305 g/mol. The van der Waals surface area contributed by atoms with Gasteiger partial charge < -0.3 is 5.32 Å². The number of aryl methyl sites for hydroxylation is 1. The zero-order valence-corrected chi connectivity index (χ0v) is 11.4. The van der Waals surface area contributed by atoms with Gasteiger partial charge in [-0.25, -0.2) is 0 Å². The molecule has 0 unspecified atom stereocenters. The highest BCUT2D eigenvalue weighted by Crippen LogP contribution is 2.14. The molecule has 1 amide bonds. The van der Waals surface area contributed by atoms with Crippen LogP contribution in [0.25, 0.3) is 0 Å². The van der Waals surface area contributed by atoms with Crippen LogP contribution in [-0.4, -0.2) is 10.9 Å². The Kier molecular flexibility index (Phi) is 4.47. The van der Waals surface area contributed by atoms with Crippen LogP contribution < -0.4 is 5.32 Å². The maximum atomic E-state index is 11.7. The molecule has 2 rings (SSSR count). The molecule has 0 fully saturated rings. The van der Waals surface area contributed by atoms with Gasteiger partial charge in [0.05, 0.1) is 0 Å². The normalized spacial score (nSPS) is 10.1. The van der Waals surface area contributed by atoms with Gasteiger partial charge in [-0.3, -0.25) is 9.78 Å². The molecule has 4 heteroatoms. The number of amides is 1.